The van der Waals surface area contributed by atoms with Gasteiger partial charge in [-0.2, -0.15) is 0 Å². The van der Waals surface area contributed by atoms with E-state index in [-0.39, 0.29) is 18.3 Å². The number of rotatable bonds is 6. The average Bonchev–Trinajstić information content (AvgIpc) is 2.29. The average molecular weight is 250 g/mol. The van der Waals surface area contributed by atoms with E-state index in [0.717, 1.165) is 19.3 Å². The number of nitrogens with two attached hydrogens (primary N) is 1. The van der Waals surface area contributed by atoms with Crippen LogP contribution in [0.2, 0.25) is 0 Å². The molecule has 0 aliphatic carbocycles. The molecule has 1 fully saturated rings. The highest BCUT2D eigenvalue weighted by Crippen LogP contribution is 2.19. The molecule has 6 heteroatoms. The van der Waals surface area contributed by atoms with Crippen molar-refractivity contribution in [2.45, 2.75) is 25.7 Å². The topological polar surface area (TPSA) is 83.6 Å². The Kier molecular flexibility index (Phi) is 5.68. The normalized spacial score (nSPS) is 20.1. The molecule has 5 nitrogen and oxygen atoms in total. The van der Waals surface area contributed by atoms with E-state index in [4.69, 9.17) is 10.8 Å². The van der Waals surface area contributed by atoms with Gasteiger partial charge in [0, 0.05) is 19.7 Å². The van der Waals surface area contributed by atoms with Gasteiger partial charge in [-0.3, -0.25) is 0 Å². The van der Waals surface area contributed by atoms with Gasteiger partial charge in [0.2, 0.25) is 10.0 Å². The van der Waals surface area contributed by atoms with Gasteiger partial charge < -0.3 is 10.8 Å². The van der Waals surface area contributed by atoms with Crippen molar-refractivity contribution in [3.63, 3.8) is 0 Å². The maximum atomic E-state index is 11.9. The summed E-state index contributed by atoms with van der Waals surface area (Å²) < 4.78 is 25.3. The molecule has 96 valence electrons. The van der Waals surface area contributed by atoms with Crippen LogP contribution in [-0.2, 0) is 10.0 Å². The SMILES string of the molecule is NCCCCS(=O)(=O)N1CCC(CO)CC1. The molecule has 16 heavy (non-hydrogen) atoms. The van der Waals surface area contributed by atoms with Crippen LogP contribution in [0.25, 0.3) is 0 Å². The van der Waals surface area contributed by atoms with E-state index in [1.165, 1.54) is 0 Å². The highest BCUT2D eigenvalue weighted by Gasteiger charge is 2.26. The standard InChI is InChI=1S/C10H22N2O3S/c11-5-1-2-8-16(14,15)12-6-3-10(9-13)4-7-12/h10,13H,1-9,11H2. The highest BCUT2D eigenvalue weighted by molar-refractivity contribution is 7.89. The van der Waals surface area contributed by atoms with Crippen molar-refractivity contribution < 1.29 is 13.5 Å². The molecular weight excluding hydrogens is 228 g/mol. The molecule has 1 aliphatic heterocycles. The summed E-state index contributed by atoms with van der Waals surface area (Å²) >= 11 is 0. The van der Waals surface area contributed by atoms with Gasteiger partial charge in [0.1, 0.15) is 0 Å². The molecule has 1 rings (SSSR count). The zero-order valence-electron chi connectivity index (χ0n) is 9.64. The molecule has 0 radical (unpaired) electrons. The second-order valence-electron chi connectivity index (χ2n) is 4.34. The molecule has 0 aromatic rings. The lowest BCUT2D eigenvalue weighted by Gasteiger charge is -2.30. The molecule has 3 N–H and O–H groups in total. The Morgan fingerprint density at radius 3 is 2.38 bits per heavy atom. The second-order valence-corrected chi connectivity index (χ2v) is 6.43. The Labute approximate surface area is 97.7 Å². The van der Waals surface area contributed by atoms with Crippen molar-refractivity contribution in [1.82, 2.24) is 4.31 Å². The number of unbranched alkanes of at least 4 members (excludes halogenated alkanes) is 1. The van der Waals surface area contributed by atoms with Crippen LogP contribution in [0.5, 0.6) is 0 Å². The fourth-order valence-electron chi connectivity index (χ4n) is 1.93. The lowest BCUT2D eigenvalue weighted by atomic mass is 10.00. The largest absolute Gasteiger partial charge is 0.396 e. The van der Waals surface area contributed by atoms with Gasteiger partial charge in [-0.25, -0.2) is 12.7 Å². The fraction of sp³-hybridized carbons (Fsp3) is 1.00. The van der Waals surface area contributed by atoms with Crippen LogP contribution in [0.4, 0.5) is 0 Å². The third-order valence-corrected chi connectivity index (χ3v) is 5.04. The Morgan fingerprint density at radius 2 is 1.88 bits per heavy atom. The molecular formula is C10H22N2O3S. The van der Waals surface area contributed by atoms with Crippen molar-refractivity contribution in [3.8, 4) is 0 Å². The van der Waals surface area contributed by atoms with E-state index in [1.807, 2.05) is 0 Å². The predicted molar refractivity (Wildman–Crippen MR) is 63.5 cm³/mol. The first-order chi connectivity index (χ1) is 7.60. The lowest BCUT2D eigenvalue weighted by molar-refractivity contribution is 0.170. The number of hydrogen-bond donors (Lipinski definition) is 2. The van der Waals surface area contributed by atoms with Crippen molar-refractivity contribution in [1.29, 1.82) is 0 Å². The highest BCUT2D eigenvalue weighted by atomic mass is 32.2. The van der Waals surface area contributed by atoms with Gasteiger partial charge in [0.05, 0.1) is 5.75 Å². The lowest BCUT2D eigenvalue weighted by Crippen LogP contribution is -2.40. The molecule has 1 heterocycles. The number of aliphatic hydroxyl groups is 1. The number of hydrogen-bond acceptors (Lipinski definition) is 4. The number of nitrogens with zero attached hydrogens (tertiary/aromatic N) is 1. The first kappa shape index (κ1) is 13.9. The van der Waals surface area contributed by atoms with Gasteiger partial charge in [-0.1, -0.05) is 0 Å². The summed E-state index contributed by atoms with van der Waals surface area (Å²) in [5, 5.41) is 8.97. The van der Waals surface area contributed by atoms with Crippen LogP contribution in [-0.4, -0.2) is 49.8 Å². The monoisotopic (exact) mass is 250 g/mol. The molecule has 0 unspecified atom stereocenters. The first-order valence-corrected chi connectivity index (χ1v) is 7.50. The number of aliphatic hydroxyl groups excluding tert-OH is 1. The van der Waals surface area contributed by atoms with Crippen LogP contribution in [0.3, 0.4) is 0 Å². The third-order valence-electron chi connectivity index (χ3n) is 3.08. The van der Waals surface area contributed by atoms with Gasteiger partial charge in [-0.15, -0.1) is 0 Å². The molecule has 0 bridgehead atoms. The Morgan fingerprint density at radius 1 is 1.25 bits per heavy atom. The predicted octanol–water partition coefficient (Wildman–Crippen LogP) is -0.241. The molecule has 0 aromatic carbocycles. The van der Waals surface area contributed by atoms with Crippen LogP contribution in [0.15, 0.2) is 0 Å². The minimum Gasteiger partial charge on any atom is -0.396 e. The molecule has 1 aliphatic rings. The summed E-state index contributed by atoms with van der Waals surface area (Å²) in [6.07, 6.45) is 2.93. The quantitative estimate of drug-likeness (QED) is 0.637. The van der Waals surface area contributed by atoms with Gasteiger partial charge in [-0.05, 0) is 38.1 Å². The van der Waals surface area contributed by atoms with E-state index < -0.39 is 10.0 Å². The Bertz CT molecular complexity index is 284. The number of piperidine rings is 1. The third kappa shape index (κ3) is 4.01. The molecule has 0 saturated carbocycles. The van der Waals surface area contributed by atoms with Gasteiger partial charge in [0.15, 0.2) is 0 Å². The smallest absolute Gasteiger partial charge is 0.214 e. The van der Waals surface area contributed by atoms with E-state index in [2.05, 4.69) is 0 Å². The summed E-state index contributed by atoms with van der Waals surface area (Å²) in [5.74, 6) is 0.476. The summed E-state index contributed by atoms with van der Waals surface area (Å²) in [6.45, 7) is 1.82. The minimum atomic E-state index is -3.09. The van der Waals surface area contributed by atoms with E-state index in [9.17, 15) is 8.42 Å². The summed E-state index contributed by atoms with van der Waals surface area (Å²) in [5.41, 5.74) is 5.34. The fourth-order valence-corrected chi connectivity index (χ4v) is 3.52. The van der Waals surface area contributed by atoms with E-state index >= 15 is 0 Å². The second kappa shape index (κ2) is 6.54. The van der Waals surface area contributed by atoms with Crippen molar-refractivity contribution >= 4 is 10.0 Å². The molecule has 0 atom stereocenters. The zero-order valence-corrected chi connectivity index (χ0v) is 10.5. The maximum Gasteiger partial charge on any atom is 0.214 e. The molecule has 0 aromatic heterocycles. The molecule has 0 spiro atoms. The van der Waals surface area contributed by atoms with Crippen LogP contribution in [0.1, 0.15) is 25.7 Å². The van der Waals surface area contributed by atoms with Crippen molar-refractivity contribution in [3.05, 3.63) is 0 Å². The van der Waals surface area contributed by atoms with Crippen LogP contribution < -0.4 is 5.73 Å². The first-order valence-electron chi connectivity index (χ1n) is 5.89. The molecule has 0 amide bonds. The minimum absolute atomic E-state index is 0.168. The van der Waals surface area contributed by atoms with Crippen LogP contribution in [0, 0.1) is 5.92 Å². The van der Waals surface area contributed by atoms with E-state index in [1.54, 1.807) is 4.31 Å². The van der Waals surface area contributed by atoms with E-state index in [0.29, 0.717) is 26.1 Å². The van der Waals surface area contributed by atoms with Gasteiger partial charge >= 0.3 is 0 Å². The maximum absolute atomic E-state index is 11.9. The van der Waals surface area contributed by atoms with Crippen molar-refractivity contribution in [2.24, 2.45) is 11.7 Å². The Hall–Kier alpha value is -0.170. The van der Waals surface area contributed by atoms with Crippen molar-refractivity contribution in [2.75, 3.05) is 32.0 Å². The molecule has 1 saturated heterocycles. The number of sulfonamides is 1. The summed E-state index contributed by atoms with van der Waals surface area (Å²) in [7, 11) is -3.09. The van der Waals surface area contributed by atoms with Crippen LogP contribution >= 0.6 is 0 Å². The Balaban J connectivity index is 2.39. The zero-order chi connectivity index (χ0) is 12.0. The summed E-state index contributed by atoms with van der Waals surface area (Å²) in [6, 6.07) is 0. The summed E-state index contributed by atoms with van der Waals surface area (Å²) in [4.78, 5) is 0. The van der Waals surface area contributed by atoms with Gasteiger partial charge in [0.25, 0.3) is 0 Å².